The molecule has 1 heterocycles. The second-order valence-electron chi connectivity index (χ2n) is 4.77. The molecule has 0 unspecified atom stereocenters. The van der Waals surface area contributed by atoms with E-state index in [1.165, 1.54) is 30.7 Å². The van der Waals surface area contributed by atoms with E-state index in [9.17, 15) is 14.7 Å². The minimum atomic E-state index is -0.378. The van der Waals surface area contributed by atoms with Crippen LogP contribution in [0.2, 0.25) is 0 Å². The molecule has 0 saturated heterocycles. The Morgan fingerprint density at radius 2 is 1.96 bits per heavy atom. The number of phenolic OH excluding ortho intramolecular Hbond substituents is 1. The summed E-state index contributed by atoms with van der Waals surface area (Å²) in [5.41, 5.74) is 2.97. The Balaban J connectivity index is 1.82. The van der Waals surface area contributed by atoms with Crippen LogP contribution in [0.25, 0.3) is 11.0 Å². The van der Waals surface area contributed by atoms with Gasteiger partial charge in [-0.25, -0.2) is 5.43 Å². The summed E-state index contributed by atoms with van der Waals surface area (Å²) in [5, 5.41) is 13.5. The molecule has 0 atom stereocenters. The molecule has 0 saturated carbocycles. The van der Waals surface area contributed by atoms with Gasteiger partial charge in [0.25, 0.3) is 5.91 Å². The molecule has 6 heteroatoms. The second-order valence-corrected chi connectivity index (χ2v) is 4.77. The number of carbonyl (C=O) groups is 1. The number of phenols is 1. The van der Waals surface area contributed by atoms with Crippen LogP contribution >= 0.6 is 0 Å². The molecule has 0 radical (unpaired) electrons. The van der Waals surface area contributed by atoms with E-state index < -0.39 is 0 Å². The van der Waals surface area contributed by atoms with E-state index in [0.717, 1.165) is 0 Å². The highest BCUT2D eigenvalue weighted by atomic mass is 16.3. The third-order valence-electron chi connectivity index (χ3n) is 3.19. The van der Waals surface area contributed by atoms with Gasteiger partial charge in [-0.2, -0.15) is 5.10 Å². The van der Waals surface area contributed by atoms with Crippen molar-refractivity contribution >= 4 is 23.1 Å². The van der Waals surface area contributed by atoms with Gasteiger partial charge in [0, 0.05) is 11.6 Å². The van der Waals surface area contributed by atoms with Crippen molar-refractivity contribution in [1.29, 1.82) is 0 Å². The third kappa shape index (κ3) is 3.11. The molecule has 0 aliphatic carbocycles. The first-order chi connectivity index (χ1) is 11.1. The summed E-state index contributed by atoms with van der Waals surface area (Å²) in [5.74, 6) is -0.367. The molecule has 2 aromatic carbocycles. The molecular formula is C17H12N2O4. The van der Waals surface area contributed by atoms with Crippen LogP contribution < -0.4 is 10.9 Å². The van der Waals surface area contributed by atoms with Crippen molar-refractivity contribution in [1.82, 2.24) is 5.43 Å². The van der Waals surface area contributed by atoms with E-state index >= 15 is 0 Å². The molecule has 3 rings (SSSR count). The Kier molecular flexibility index (Phi) is 3.88. The quantitative estimate of drug-likeness (QED) is 0.573. The van der Waals surface area contributed by atoms with E-state index in [2.05, 4.69) is 10.5 Å². The minimum absolute atomic E-state index is 0.0113. The molecule has 23 heavy (non-hydrogen) atoms. The van der Waals surface area contributed by atoms with Crippen LogP contribution in [0, 0.1) is 0 Å². The lowest BCUT2D eigenvalue weighted by molar-refractivity contribution is 0.0955. The van der Waals surface area contributed by atoms with Crippen LogP contribution in [0.4, 0.5) is 0 Å². The van der Waals surface area contributed by atoms with E-state index in [4.69, 9.17) is 4.42 Å². The summed E-state index contributed by atoms with van der Waals surface area (Å²) >= 11 is 0. The molecule has 0 fully saturated rings. The van der Waals surface area contributed by atoms with Crippen molar-refractivity contribution in [2.45, 2.75) is 0 Å². The van der Waals surface area contributed by atoms with Gasteiger partial charge in [-0.3, -0.25) is 9.59 Å². The third-order valence-corrected chi connectivity index (χ3v) is 3.19. The lowest BCUT2D eigenvalue weighted by atomic mass is 10.2. The van der Waals surface area contributed by atoms with Crippen LogP contribution in [0.15, 0.2) is 69.1 Å². The minimum Gasteiger partial charge on any atom is -0.508 e. The fraction of sp³-hybridized carbons (Fsp3) is 0. The molecule has 0 bridgehead atoms. The van der Waals surface area contributed by atoms with Crippen molar-refractivity contribution < 1.29 is 14.3 Å². The van der Waals surface area contributed by atoms with Gasteiger partial charge < -0.3 is 9.52 Å². The normalized spacial score (nSPS) is 11.0. The first-order valence-corrected chi connectivity index (χ1v) is 6.78. The number of fused-ring (bicyclic) bond motifs is 1. The summed E-state index contributed by atoms with van der Waals surface area (Å²) in [7, 11) is 0. The monoisotopic (exact) mass is 308 g/mol. The van der Waals surface area contributed by atoms with Crippen molar-refractivity contribution in [2.75, 3.05) is 0 Å². The number of hydrogen-bond acceptors (Lipinski definition) is 5. The number of nitrogens with zero attached hydrogens (tertiary/aromatic N) is 1. The Hall–Kier alpha value is -3.41. The van der Waals surface area contributed by atoms with Crippen LogP contribution in [-0.4, -0.2) is 17.2 Å². The lowest BCUT2D eigenvalue weighted by Crippen LogP contribution is -2.18. The standard InChI is InChI=1S/C17H12N2O4/c20-13-6-7-14-15(8-13)23-10-12(16(14)21)9-18-19-17(22)11-4-2-1-3-5-11/h1-10,20H,(H,19,22)/b18-9+. The van der Waals surface area contributed by atoms with Crippen molar-refractivity contribution in [3.63, 3.8) is 0 Å². The Morgan fingerprint density at radius 3 is 2.74 bits per heavy atom. The van der Waals surface area contributed by atoms with Gasteiger partial charge in [0.1, 0.15) is 17.6 Å². The number of carbonyl (C=O) groups excluding carboxylic acids is 1. The maximum Gasteiger partial charge on any atom is 0.271 e. The Morgan fingerprint density at radius 1 is 1.17 bits per heavy atom. The summed E-state index contributed by atoms with van der Waals surface area (Å²) in [6.45, 7) is 0. The van der Waals surface area contributed by atoms with Crippen LogP contribution in [0.5, 0.6) is 5.75 Å². The smallest absolute Gasteiger partial charge is 0.271 e. The van der Waals surface area contributed by atoms with Gasteiger partial charge in [-0.05, 0) is 24.3 Å². The van der Waals surface area contributed by atoms with E-state index in [0.29, 0.717) is 10.9 Å². The fourth-order valence-electron chi connectivity index (χ4n) is 2.04. The zero-order chi connectivity index (χ0) is 16.2. The van der Waals surface area contributed by atoms with Crippen molar-refractivity contribution in [3.05, 3.63) is 76.1 Å². The molecule has 1 aromatic heterocycles. The van der Waals surface area contributed by atoms with Gasteiger partial charge in [-0.1, -0.05) is 18.2 Å². The predicted octanol–water partition coefficient (Wildman–Crippen LogP) is 2.26. The maximum absolute atomic E-state index is 12.2. The average molecular weight is 308 g/mol. The Labute approximate surface area is 130 Å². The van der Waals surface area contributed by atoms with Crippen LogP contribution in [0.3, 0.4) is 0 Å². The number of benzene rings is 2. The first-order valence-electron chi connectivity index (χ1n) is 6.78. The molecule has 6 nitrogen and oxygen atoms in total. The molecule has 0 spiro atoms. The number of rotatable bonds is 3. The molecule has 1 amide bonds. The van der Waals surface area contributed by atoms with E-state index in [-0.39, 0.29) is 28.2 Å². The van der Waals surface area contributed by atoms with Crippen LogP contribution in [-0.2, 0) is 0 Å². The van der Waals surface area contributed by atoms with Crippen molar-refractivity contribution in [2.24, 2.45) is 5.10 Å². The Bertz CT molecular complexity index is 946. The average Bonchev–Trinajstić information content (AvgIpc) is 2.57. The number of hydrogen-bond donors (Lipinski definition) is 2. The highest BCUT2D eigenvalue weighted by Gasteiger charge is 2.06. The number of amides is 1. The van der Waals surface area contributed by atoms with Gasteiger partial charge in [-0.15, -0.1) is 0 Å². The summed E-state index contributed by atoms with van der Waals surface area (Å²) < 4.78 is 5.28. The largest absolute Gasteiger partial charge is 0.508 e. The zero-order valence-electron chi connectivity index (χ0n) is 11.9. The number of aromatic hydroxyl groups is 1. The summed E-state index contributed by atoms with van der Waals surface area (Å²) in [4.78, 5) is 24.1. The number of hydrazone groups is 1. The van der Waals surface area contributed by atoms with Crippen molar-refractivity contribution in [3.8, 4) is 5.75 Å². The van der Waals surface area contributed by atoms with Gasteiger partial charge in [0.05, 0.1) is 17.2 Å². The van der Waals surface area contributed by atoms with E-state index in [1.807, 2.05) is 0 Å². The van der Waals surface area contributed by atoms with Gasteiger partial charge >= 0.3 is 0 Å². The maximum atomic E-state index is 12.2. The van der Waals surface area contributed by atoms with Gasteiger partial charge in [0.2, 0.25) is 5.43 Å². The topological polar surface area (TPSA) is 91.9 Å². The van der Waals surface area contributed by atoms with Gasteiger partial charge in [0.15, 0.2) is 0 Å². The molecule has 3 aromatic rings. The molecule has 0 aliphatic rings. The first kappa shape index (κ1) is 14.5. The van der Waals surface area contributed by atoms with E-state index in [1.54, 1.807) is 30.3 Å². The summed E-state index contributed by atoms with van der Waals surface area (Å²) in [6.07, 6.45) is 2.45. The SMILES string of the molecule is O=C(N/N=C/c1coc2cc(O)ccc2c1=O)c1ccccc1. The number of nitrogens with one attached hydrogen (secondary N) is 1. The molecule has 114 valence electrons. The summed E-state index contributed by atoms with van der Waals surface area (Å²) in [6, 6.07) is 12.8. The molecule has 0 aliphatic heterocycles. The fourth-order valence-corrected chi connectivity index (χ4v) is 2.04. The highest BCUT2D eigenvalue weighted by Crippen LogP contribution is 2.17. The second kappa shape index (κ2) is 6.15. The molecule has 2 N–H and O–H groups in total. The predicted molar refractivity (Wildman–Crippen MR) is 85.7 cm³/mol. The zero-order valence-corrected chi connectivity index (χ0v) is 11.9. The lowest BCUT2D eigenvalue weighted by Gasteiger charge is -2.00. The molecular weight excluding hydrogens is 296 g/mol. The van der Waals surface area contributed by atoms with Crippen LogP contribution in [0.1, 0.15) is 15.9 Å². The highest BCUT2D eigenvalue weighted by molar-refractivity contribution is 5.95.